The lowest BCUT2D eigenvalue weighted by atomic mass is 9.93. The minimum Gasteiger partial charge on any atom is -0.376 e. The lowest BCUT2D eigenvalue weighted by molar-refractivity contribution is 0.0482. The minimum absolute atomic E-state index is 0.0219. The van der Waals surface area contributed by atoms with Crippen LogP contribution in [0.15, 0.2) is 46.2 Å². The van der Waals surface area contributed by atoms with E-state index in [9.17, 15) is 18.0 Å². The van der Waals surface area contributed by atoms with Crippen molar-refractivity contribution < 1.29 is 17.9 Å². The van der Waals surface area contributed by atoms with Crippen molar-refractivity contribution >= 4 is 26.8 Å². The van der Waals surface area contributed by atoms with Crippen LogP contribution in [0.4, 0.5) is 0 Å². The van der Waals surface area contributed by atoms with Crippen LogP contribution in [0, 0.1) is 11.8 Å². The highest BCUT2D eigenvalue weighted by Crippen LogP contribution is 2.26. The van der Waals surface area contributed by atoms with Crippen LogP contribution in [0.1, 0.15) is 62.2 Å². The van der Waals surface area contributed by atoms with Crippen molar-refractivity contribution in [1.29, 1.82) is 0 Å². The molecule has 0 unspecified atom stereocenters. The summed E-state index contributed by atoms with van der Waals surface area (Å²) in [5.41, 5.74) is 0.250. The zero-order chi connectivity index (χ0) is 26.9. The van der Waals surface area contributed by atoms with E-state index in [4.69, 9.17) is 4.74 Å². The Balaban J connectivity index is 1.49. The number of hydrogen-bond acceptors (Lipinski definition) is 5. The standard InChI is InChI=1S/C29H39N3O5S/c1-21-12-14-32(15-13-21)38(35,36)24-10-11-27-25(17-24)28(33)26(20-30(27)2)29(34)31(19-23-9-6-16-37-23)18-22-7-4-3-5-8-22/h3-4,10-11,17,20-23H,5-9,12-16,18-19H2,1-2H3/t22-,23+/m0/s1. The topological polar surface area (TPSA) is 88.9 Å². The third-order valence-electron chi connectivity index (χ3n) is 8.36. The lowest BCUT2D eigenvalue weighted by Crippen LogP contribution is -2.42. The van der Waals surface area contributed by atoms with E-state index in [2.05, 4.69) is 19.1 Å². The first-order valence-electron chi connectivity index (χ1n) is 13.9. The Labute approximate surface area is 225 Å². The van der Waals surface area contributed by atoms with Crippen LogP contribution >= 0.6 is 0 Å². The summed E-state index contributed by atoms with van der Waals surface area (Å²) < 4.78 is 35.9. The van der Waals surface area contributed by atoms with Crippen molar-refractivity contribution in [2.75, 3.05) is 32.8 Å². The van der Waals surface area contributed by atoms with Crippen LogP contribution in [0.2, 0.25) is 0 Å². The van der Waals surface area contributed by atoms with Gasteiger partial charge in [-0.3, -0.25) is 9.59 Å². The zero-order valence-corrected chi connectivity index (χ0v) is 23.3. The number of ether oxygens (including phenoxy) is 1. The first kappa shape index (κ1) is 27.1. The molecule has 2 atom stereocenters. The van der Waals surface area contributed by atoms with E-state index in [1.807, 2.05) is 0 Å². The number of nitrogens with zero attached hydrogens (tertiary/aromatic N) is 3. The molecule has 2 aliphatic heterocycles. The fourth-order valence-electron chi connectivity index (χ4n) is 5.94. The van der Waals surface area contributed by atoms with Gasteiger partial charge >= 0.3 is 0 Å². The molecule has 1 amide bonds. The molecule has 0 saturated carbocycles. The molecule has 1 aromatic heterocycles. The third-order valence-corrected chi connectivity index (χ3v) is 10.3. The number of amides is 1. The molecule has 5 rings (SSSR count). The first-order chi connectivity index (χ1) is 18.2. The number of carbonyl (C=O) groups is 1. The molecular formula is C29H39N3O5S. The van der Waals surface area contributed by atoms with Crippen LogP contribution in [-0.2, 0) is 21.8 Å². The van der Waals surface area contributed by atoms with Crippen molar-refractivity contribution in [3.05, 3.63) is 52.3 Å². The predicted molar refractivity (Wildman–Crippen MR) is 148 cm³/mol. The maximum atomic E-state index is 13.9. The smallest absolute Gasteiger partial charge is 0.259 e. The molecule has 3 aliphatic rings. The van der Waals surface area contributed by atoms with E-state index in [1.165, 1.54) is 10.4 Å². The average molecular weight is 542 g/mol. The number of allylic oxidation sites excluding steroid dienone is 2. The van der Waals surface area contributed by atoms with E-state index >= 15 is 0 Å². The zero-order valence-electron chi connectivity index (χ0n) is 22.5. The highest BCUT2D eigenvalue weighted by molar-refractivity contribution is 7.89. The number of sulfonamides is 1. The van der Waals surface area contributed by atoms with Crippen molar-refractivity contribution in [3.63, 3.8) is 0 Å². The molecule has 2 saturated heterocycles. The second-order valence-corrected chi connectivity index (χ2v) is 13.2. The van der Waals surface area contributed by atoms with Gasteiger partial charge in [0.05, 0.1) is 16.5 Å². The number of carbonyl (C=O) groups excluding carboxylic acids is 1. The van der Waals surface area contributed by atoms with E-state index in [0.29, 0.717) is 50.1 Å². The van der Waals surface area contributed by atoms with Gasteiger partial charge in [-0.15, -0.1) is 0 Å². The Kier molecular flexibility index (Phi) is 8.07. The van der Waals surface area contributed by atoms with Crippen molar-refractivity contribution in [1.82, 2.24) is 13.8 Å². The summed E-state index contributed by atoms with van der Waals surface area (Å²) in [4.78, 5) is 29.5. The van der Waals surface area contributed by atoms with Gasteiger partial charge in [0.1, 0.15) is 5.56 Å². The molecule has 206 valence electrons. The number of aryl methyl sites for hydroxylation is 1. The fourth-order valence-corrected chi connectivity index (χ4v) is 7.43. The van der Waals surface area contributed by atoms with E-state index < -0.39 is 15.5 Å². The van der Waals surface area contributed by atoms with E-state index in [-0.39, 0.29) is 27.9 Å². The molecule has 0 N–H and O–H groups in total. The summed E-state index contributed by atoms with van der Waals surface area (Å²) in [5, 5.41) is 0.252. The normalized spacial score (nSPS) is 23.2. The second kappa shape index (κ2) is 11.3. The number of benzene rings is 1. The van der Waals surface area contributed by atoms with Crippen LogP contribution in [-0.4, -0.2) is 67.0 Å². The molecule has 1 aromatic carbocycles. The van der Waals surface area contributed by atoms with Gasteiger partial charge in [-0.1, -0.05) is 19.1 Å². The summed E-state index contributed by atoms with van der Waals surface area (Å²) >= 11 is 0. The molecule has 9 heteroatoms. The van der Waals surface area contributed by atoms with E-state index in [1.54, 1.807) is 34.8 Å². The van der Waals surface area contributed by atoms with Gasteiger partial charge in [0.25, 0.3) is 5.91 Å². The fraction of sp³-hybridized carbons (Fsp3) is 0.586. The highest BCUT2D eigenvalue weighted by atomic mass is 32.2. The molecule has 38 heavy (non-hydrogen) atoms. The van der Waals surface area contributed by atoms with Gasteiger partial charge in [0, 0.05) is 51.4 Å². The Morgan fingerprint density at radius 1 is 1.11 bits per heavy atom. The molecule has 2 fully saturated rings. The molecule has 0 spiro atoms. The Hall–Kier alpha value is -2.49. The van der Waals surface area contributed by atoms with Gasteiger partial charge < -0.3 is 14.2 Å². The second-order valence-electron chi connectivity index (χ2n) is 11.2. The third kappa shape index (κ3) is 5.60. The summed E-state index contributed by atoms with van der Waals surface area (Å²) in [7, 11) is -1.94. The molecular weight excluding hydrogens is 502 g/mol. The van der Waals surface area contributed by atoms with Crippen molar-refractivity contribution in [2.45, 2.75) is 62.9 Å². The summed E-state index contributed by atoms with van der Waals surface area (Å²) in [5.74, 6) is 0.538. The average Bonchev–Trinajstić information content (AvgIpc) is 3.44. The van der Waals surface area contributed by atoms with Crippen LogP contribution < -0.4 is 5.43 Å². The largest absolute Gasteiger partial charge is 0.376 e. The minimum atomic E-state index is -3.72. The van der Waals surface area contributed by atoms with Gasteiger partial charge in [-0.2, -0.15) is 4.31 Å². The summed E-state index contributed by atoms with van der Waals surface area (Å²) in [6, 6.07) is 4.69. The van der Waals surface area contributed by atoms with Crippen molar-refractivity contribution in [2.24, 2.45) is 18.9 Å². The highest BCUT2D eigenvalue weighted by Gasteiger charge is 2.30. The Bertz CT molecular complexity index is 1370. The van der Waals surface area contributed by atoms with Crippen molar-refractivity contribution in [3.8, 4) is 0 Å². The molecule has 2 aromatic rings. The maximum Gasteiger partial charge on any atom is 0.259 e. The van der Waals surface area contributed by atoms with Gasteiger partial charge in [-0.05, 0) is 75.0 Å². The lowest BCUT2D eigenvalue weighted by Gasteiger charge is -2.30. The summed E-state index contributed by atoms with van der Waals surface area (Å²) in [6.45, 7) is 4.83. The number of aromatic nitrogens is 1. The monoisotopic (exact) mass is 541 g/mol. The molecule has 1 aliphatic carbocycles. The first-order valence-corrected chi connectivity index (χ1v) is 15.4. The summed E-state index contributed by atoms with van der Waals surface area (Å²) in [6.07, 6.45) is 12.4. The van der Waals surface area contributed by atoms with Gasteiger partial charge in [0.15, 0.2) is 0 Å². The Morgan fingerprint density at radius 3 is 2.58 bits per heavy atom. The molecule has 3 heterocycles. The number of pyridine rings is 1. The number of rotatable bonds is 7. The predicted octanol–water partition coefficient (Wildman–Crippen LogP) is 3.94. The van der Waals surface area contributed by atoms with Crippen LogP contribution in [0.3, 0.4) is 0 Å². The molecule has 8 nitrogen and oxygen atoms in total. The number of fused-ring (bicyclic) bond motifs is 1. The Morgan fingerprint density at radius 2 is 1.89 bits per heavy atom. The van der Waals surface area contributed by atoms with Gasteiger partial charge in [-0.25, -0.2) is 8.42 Å². The van der Waals surface area contributed by atoms with Crippen LogP contribution in [0.25, 0.3) is 10.9 Å². The number of piperidine rings is 1. The quantitative estimate of drug-likeness (QED) is 0.496. The SMILES string of the molecule is CC1CCN(S(=O)(=O)c2ccc3c(c2)c(=O)c(C(=O)N(C[C@H]2CC=CCC2)C[C@H]2CCCO2)cn3C)CC1. The maximum absolute atomic E-state index is 13.9. The molecule has 0 bridgehead atoms. The number of hydrogen-bond donors (Lipinski definition) is 0. The van der Waals surface area contributed by atoms with Gasteiger partial charge in [0.2, 0.25) is 15.5 Å². The molecule has 0 radical (unpaired) electrons. The van der Waals surface area contributed by atoms with Crippen LogP contribution in [0.5, 0.6) is 0 Å². The van der Waals surface area contributed by atoms with E-state index in [0.717, 1.165) is 44.9 Å².